The highest BCUT2D eigenvalue weighted by Gasteiger charge is 2.01. The Morgan fingerprint density at radius 2 is 1.91 bits per heavy atom. The number of aliphatic imine (C=N–C) groups is 1. The van der Waals surface area contributed by atoms with E-state index < -0.39 is 0 Å². The summed E-state index contributed by atoms with van der Waals surface area (Å²) in [6, 6.07) is 9.97. The first kappa shape index (κ1) is 19.1. The van der Waals surface area contributed by atoms with Gasteiger partial charge < -0.3 is 16.0 Å². The molecule has 3 N–H and O–H groups in total. The van der Waals surface area contributed by atoms with E-state index in [1.54, 1.807) is 6.20 Å². The summed E-state index contributed by atoms with van der Waals surface area (Å²) in [6.07, 6.45) is 2.74. The van der Waals surface area contributed by atoms with Crippen LogP contribution in [-0.4, -0.2) is 30.0 Å². The smallest absolute Gasteiger partial charge is 0.225 e. The van der Waals surface area contributed by atoms with E-state index >= 15 is 0 Å². The Bertz CT molecular complexity index is 639. The number of aromatic nitrogens is 2. The number of nitrogens with two attached hydrogens (primary N) is 1. The first-order valence-electron chi connectivity index (χ1n) is 7.23. The van der Waals surface area contributed by atoms with Gasteiger partial charge in [0.1, 0.15) is 0 Å². The fourth-order valence-electron chi connectivity index (χ4n) is 1.87. The van der Waals surface area contributed by atoms with E-state index in [1.807, 2.05) is 37.2 Å². The van der Waals surface area contributed by atoms with Crippen molar-refractivity contribution < 1.29 is 0 Å². The third-order valence-electron chi connectivity index (χ3n) is 3.15. The van der Waals surface area contributed by atoms with Gasteiger partial charge in [0.25, 0.3) is 0 Å². The van der Waals surface area contributed by atoms with Crippen molar-refractivity contribution in [2.24, 2.45) is 10.7 Å². The highest BCUT2D eigenvalue weighted by Crippen LogP contribution is 2.10. The van der Waals surface area contributed by atoms with E-state index in [0.29, 0.717) is 18.5 Å². The number of aryl methyl sites for hydroxylation is 1. The lowest BCUT2D eigenvalue weighted by molar-refractivity contribution is 0.921. The van der Waals surface area contributed by atoms with E-state index in [4.69, 9.17) is 5.73 Å². The van der Waals surface area contributed by atoms with E-state index in [-0.39, 0.29) is 24.0 Å². The SMILES string of the molecule is CCc1ccc(NC(N)=NCc2ccnc(N(C)C)n2)cc1.I. The molecule has 0 aliphatic heterocycles. The average Bonchev–Trinajstić information content (AvgIpc) is 2.54. The molecule has 1 aromatic heterocycles. The molecule has 6 nitrogen and oxygen atoms in total. The lowest BCUT2D eigenvalue weighted by Gasteiger charge is -2.10. The number of anilines is 2. The lowest BCUT2D eigenvalue weighted by atomic mass is 10.1. The second kappa shape index (κ2) is 9.29. The summed E-state index contributed by atoms with van der Waals surface area (Å²) in [4.78, 5) is 14.7. The number of hydrogen-bond acceptors (Lipinski definition) is 4. The molecular formula is C16H23IN6. The summed E-state index contributed by atoms with van der Waals surface area (Å²) >= 11 is 0. The van der Waals surface area contributed by atoms with E-state index in [1.165, 1.54) is 5.56 Å². The predicted octanol–water partition coefficient (Wildman–Crippen LogP) is 2.65. The highest BCUT2D eigenvalue weighted by atomic mass is 127. The second-order valence-corrected chi connectivity index (χ2v) is 5.12. The molecule has 2 rings (SSSR count). The Balaban J connectivity index is 0.00000264. The molecule has 0 saturated heterocycles. The maximum atomic E-state index is 5.91. The Labute approximate surface area is 154 Å². The zero-order valence-corrected chi connectivity index (χ0v) is 16.0. The van der Waals surface area contributed by atoms with Gasteiger partial charge in [0.2, 0.25) is 5.95 Å². The molecule has 0 aliphatic rings. The quantitative estimate of drug-likeness (QED) is 0.437. The largest absolute Gasteiger partial charge is 0.370 e. The van der Waals surface area contributed by atoms with Crippen LogP contribution in [0.15, 0.2) is 41.5 Å². The van der Waals surface area contributed by atoms with Gasteiger partial charge in [-0.3, -0.25) is 0 Å². The molecular weight excluding hydrogens is 403 g/mol. The van der Waals surface area contributed by atoms with Crippen molar-refractivity contribution in [3.63, 3.8) is 0 Å². The van der Waals surface area contributed by atoms with Crippen molar-refractivity contribution in [3.05, 3.63) is 47.8 Å². The number of nitrogens with one attached hydrogen (secondary N) is 1. The van der Waals surface area contributed by atoms with Gasteiger partial charge in [-0.15, -0.1) is 24.0 Å². The van der Waals surface area contributed by atoms with Gasteiger partial charge in [-0.25, -0.2) is 15.0 Å². The summed E-state index contributed by atoms with van der Waals surface area (Å²) in [5, 5.41) is 3.07. The van der Waals surface area contributed by atoms with Crippen LogP contribution in [0.4, 0.5) is 11.6 Å². The molecule has 0 atom stereocenters. The predicted molar refractivity (Wildman–Crippen MR) is 107 cm³/mol. The fourth-order valence-corrected chi connectivity index (χ4v) is 1.87. The minimum Gasteiger partial charge on any atom is -0.370 e. The number of guanidine groups is 1. The number of benzene rings is 1. The summed E-state index contributed by atoms with van der Waals surface area (Å²) in [5.41, 5.74) is 8.95. The van der Waals surface area contributed by atoms with Crippen molar-refractivity contribution in [1.82, 2.24) is 9.97 Å². The molecule has 0 amide bonds. The molecule has 7 heteroatoms. The van der Waals surface area contributed by atoms with Crippen LogP contribution in [0.3, 0.4) is 0 Å². The van der Waals surface area contributed by atoms with Crippen LogP contribution in [0.5, 0.6) is 0 Å². The maximum Gasteiger partial charge on any atom is 0.225 e. The van der Waals surface area contributed by atoms with Crippen LogP contribution < -0.4 is 16.0 Å². The first-order chi connectivity index (χ1) is 10.6. The Morgan fingerprint density at radius 1 is 1.22 bits per heavy atom. The molecule has 0 bridgehead atoms. The molecule has 0 saturated carbocycles. The Hall–Kier alpha value is -1.90. The van der Waals surface area contributed by atoms with Gasteiger partial charge in [0.15, 0.2) is 5.96 Å². The third kappa shape index (κ3) is 6.01. The zero-order chi connectivity index (χ0) is 15.9. The standard InChI is InChI=1S/C16H22N6.HI/c1-4-12-5-7-13(8-6-12)20-15(17)19-11-14-9-10-18-16(21-14)22(2)3;/h5-10H,4,11H2,1-3H3,(H3,17,19,20);1H. The van der Waals surface area contributed by atoms with Crippen molar-refractivity contribution in [2.45, 2.75) is 19.9 Å². The summed E-state index contributed by atoms with van der Waals surface area (Å²) in [6.45, 7) is 2.54. The average molecular weight is 426 g/mol. The summed E-state index contributed by atoms with van der Waals surface area (Å²) in [7, 11) is 3.80. The van der Waals surface area contributed by atoms with Gasteiger partial charge >= 0.3 is 0 Å². The molecule has 124 valence electrons. The van der Waals surface area contributed by atoms with Crippen LogP contribution >= 0.6 is 24.0 Å². The van der Waals surface area contributed by atoms with Crippen LogP contribution in [0.1, 0.15) is 18.2 Å². The molecule has 1 aromatic carbocycles. The van der Waals surface area contributed by atoms with Gasteiger partial charge in [-0.2, -0.15) is 0 Å². The highest BCUT2D eigenvalue weighted by molar-refractivity contribution is 14.0. The minimum atomic E-state index is 0. The first-order valence-corrected chi connectivity index (χ1v) is 7.23. The maximum absolute atomic E-state index is 5.91. The van der Waals surface area contributed by atoms with Crippen molar-refractivity contribution in [2.75, 3.05) is 24.3 Å². The molecule has 0 fully saturated rings. The van der Waals surface area contributed by atoms with Crippen molar-refractivity contribution in [3.8, 4) is 0 Å². The summed E-state index contributed by atoms with van der Waals surface area (Å²) < 4.78 is 0. The fraction of sp³-hybridized carbons (Fsp3) is 0.312. The van der Waals surface area contributed by atoms with Gasteiger partial charge in [-0.05, 0) is 30.2 Å². The summed E-state index contributed by atoms with van der Waals surface area (Å²) in [5.74, 6) is 1.03. The van der Waals surface area contributed by atoms with Gasteiger partial charge in [0.05, 0.1) is 12.2 Å². The molecule has 23 heavy (non-hydrogen) atoms. The zero-order valence-electron chi connectivity index (χ0n) is 13.7. The lowest BCUT2D eigenvalue weighted by Crippen LogP contribution is -2.22. The molecule has 0 spiro atoms. The second-order valence-electron chi connectivity index (χ2n) is 5.12. The van der Waals surface area contributed by atoms with E-state index in [2.05, 4.69) is 39.3 Å². The normalized spacial score (nSPS) is 10.8. The van der Waals surface area contributed by atoms with Crippen LogP contribution in [0.2, 0.25) is 0 Å². The minimum absolute atomic E-state index is 0. The van der Waals surface area contributed by atoms with Crippen LogP contribution in [0.25, 0.3) is 0 Å². The number of nitrogens with zero attached hydrogens (tertiary/aromatic N) is 4. The van der Waals surface area contributed by atoms with E-state index in [0.717, 1.165) is 17.8 Å². The molecule has 0 radical (unpaired) electrons. The Morgan fingerprint density at radius 3 is 2.52 bits per heavy atom. The van der Waals surface area contributed by atoms with E-state index in [9.17, 15) is 0 Å². The topological polar surface area (TPSA) is 79.4 Å². The molecule has 0 aliphatic carbocycles. The van der Waals surface area contributed by atoms with Gasteiger partial charge in [-0.1, -0.05) is 19.1 Å². The Kier molecular flexibility index (Phi) is 7.73. The van der Waals surface area contributed by atoms with Crippen LogP contribution in [-0.2, 0) is 13.0 Å². The third-order valence-corrected chi connectivity index (χ3v) is 3.15. The number of hydrogen-bond donors (Lipinski definition) is 2. The number of rotatable bonds is 5. The number of halogens is 1. The molecule has 0 unspecified atom stereocenters. The van der Waals surface area contributed by atoms with Crippen molar-refractivity contribution in [1.29, 1.82) is 0 Å². The van der Waals surface area contributed by atoms with Gasteiger partial charge in [0, 0.05) is 26.0 Å². The van der Waals surface area contributed by atoms with Crippen molar-refractivity contribution >= 4 is 41.6 Å². The monoisotopic (exact) mass is 426 g/mol. The van der Waals surface area contributed by atoms with Crippen LogP contribution in [0, 0.1) is 0 Å². The molecule has 2 aromatic rings. The molecule has 1 heterocycles.